The van der Waals surface area contributed by atoms with Crippen LogP contribution in [0.3, 0.4) is 0 Å². The van der Waals surface area contributed by atoms with Crippen LogP contribution in [0.1, 0.15) is 26.7 Å². The molecule has 0 fully saturated rings. The van der Waals surface area contributed by atoms with Crippen molar-refractivity contribution in [2.75, 3.05) is 0 Å². The van der Waals surface area contributed by atoms with Crippen molar-refractivity contribution in [3.05, 3.63) is 35.1 Å². The molecule has 1 aliphatic rings. The van der Waals surface area contributed by atoms with E-state index in [-0.39, 0.29) is 0 Å². The van der Waals surface area contributed by atoms with Gasteiger partial charge in [0.05, 0.1) is 0 Å². The maximum absolute atomic E-state index is 5.74. The lowest BCUT2D eigenvalue weighted by molar-refractivity contribution is 1.03. The van der Waals surface area contributed by atoms with E-state index in [9.17, 15) is 0 Å². The van der Waals surface area contributed by atoms with Crippen molar-refractivity contribution < 1.29 is 0 Å². The lowest BCUT2D eigenvalue weighted by Crippen LogP contribution is -1.96. The van der Waals surface area contributed by atoms with Gasteiger partial charge in [-0.25, -0.2) is 0 Å². The third-order valence-corrected chi connectivity index (χ3v) is 2.08. The van der Waals surface area contributed by atoms with E-state index in [1.807, 2.05) is 6.08 Å². The van der Waals surface area contributed by atoms with Crippen molar-refractivity contribution in [2.24, 2.45) is 5.73 Å². The summed E-state index contributed by atoms with van der Waals surface area (Å²) in [4.78, 5) is 0. The van der Waals surface area contributed by atoms with Crippen LogP contribution in [0.25, 0.3) is 0 Å². The molecular weight excluding hydrogens is 134 g/mol. The van der Waals surface area contributed by atoms with E-state index in [1.54, 1.807) is 0 Å². The molecule has 60 valence electrons. The van der Waals surface area contributed by atoms with Crippen molar-refractivity contribution in [3.8, 4) is 0 Å². The zero-order chi connectivity index (χ0) is 8.27. The molecule has 0 aliphatic heterocycles. The van der Waals surface area contributed by atoms with E-state index < -0.39 is 0 Å². The first-order valence-electron chi connectivity index (χ1n) is 4.06. The van der Waals surface area contributed by atoms with Crippen molar-refractivity contribution in [1.82, 2.24) is 0 Å². The van der Waals surface area contributed by atoms with Gasteiger partial charge in [0, 0.05) is 5.70 Å². The number of rotatable bonds is 1. The Hall–Kier alpha value is -0.980. The highest BCUT2D eigenvalue weighted by molar-refractivity contribution is 5.35. The van der Waals surface area contributed by atoms with Crippen molar-refractivity contribution in [2.45, 2.75) is 26.7 Å². The van der Waals surface area contributed by atoms with Gasteiger partial charge in [0.1, 0.15) is 0 Å². The second-order valence-electron chi connectivity index (χ2n) is 2.89. The van der Waals surface area contributed by atoms with Gasteiger partial charge in [-0.1, -0.05) is 24.6 Å². The molecule has 0 unspecified atom stereocenters. The third kappa shape index (κ3) is 1.97. The van der Waals surface area contributed by atoms with Gasteiger partial charge in [-0.3, -0.25) is 0 Å². The Kier molecular flexibility index (Phi) is 2.53. The first-order valence-corrected chi connectivity index (χ1v) is 4.06. The topological polar surface area (TPSA) is 26.0 Å². The second-order valence-corrected chi connectivity index (χ2v) is 2.89. The summed E-state index contributed by atoms with van der Waals surface area (Å²) < 4.78 is 0. The molecule has 0 radical (unpaired) electrons. The average Bonchev–Trinajstić information content (AvgIpc) is 2.16. The Morgan fingerprint density at radius 3 is 2.82 bits per heavy atom. The molecule has 11 heavy (non-hydrogen) atoms. The first kappa shape index (κ1) is 8.12. The minimum Gasteiger partial charge on any atom is -0.399 e. The van der Waals surface area contributed by atoms with Gasteiger partial charge in [0.2, 0.25) is 0 Å². The smallest absolute Gasteiger partial charge is 0.0340 e. The van der Waals surface area contributed by atoms with Crippen molar-refractivity contribution in [3.63, 3.8) is 0 Å². The summed E-state index contributed by atoms with van der Waals surface area (Å²) >= 11 is 0. The summed E-state index contributed by atoms with van der Waals surface area (Å²) in [6.07, 6.45) is 8.49. The maximum atomic E-state index is 5.74. The largest absolute Gasteiger partial charge is 0.399 e. The van der Waals surface area contributed by atoms with Gasteiger partial charge in [-0.15, -0.1) is 0 Å². The average molecular weight is 149 g/mol. The molecule has 1 rings (SSSR count). The summed E-state index contributed by atoms with van der Waals surface area (Å²) in [6, 6.07) is 0. The number of hydrogen-bond acceptors (Lipinski definition) is 1. The van der Waals surface area contributed by atoms with Gasteiger partial charge in [-0.05, 0) is 31.4 Å². The predicted molar refractivity (Wildman–Crippen MR) is 49.0 cm³/mol. The molecule has 0 bridgehead atoms. The van der Waals surface area contributed by atoms with Crippen LogP contribution < -0.4 is 5.73 Å². The molecule has 0 aromatic rings. The van der Waals surface area contributed by atoms with Gasteiger partial charge in [-0.2, -0.15) is 0 Å². The Morgan fingerprint density at radius 2 is 2.18 bits per heavy atom. The minimum absolute atomic E-state index is 0.897. The summed E-state index contributed by atoms with van der Waals surface area (Å²) in [5.74, 6) is 0. The molecule has 0 heterocycles. The summed E-state index contributed by atoms with van der Waals surface area (Å²) in [6.45, 7) is 4.22. The fraction of sp³-hybridized carbons (Fsp3) is 0.400. The molecular formula is C10H15N. The molecule has 1 heteroatoms. The monoisotopic (exact) mass is 149 g/mol. The van der Waals surface area contributed by atoms with Crippen LogP contribution in [-0.2, 0) is 0 Å². The Labute approximate surface area is 68.3 Å². The van der Waals surface area contributed by atoms with Crippen LogP contribution in [0.5, 0.6) is 0 Å². The molecule has 0 atom stereocenters. The van der Waals surface area contributed by atoms with Crippen LogP contribution >= 0.6 is 0 Å². The molecule has 0 saturated heterocycles. The number of allylic oxidation sites excluding steroid dienone is 5. The fourth-order valence-corrected chi connectivity index (χ4v) is 1.07. The molecule has 0 amide bonds. The van der Waals surface area contributed by atoms with Gasteiger partial charge >= 0.3 is 0 Å². The van der Waals surface area contributed by atoms with E-state index in [2.05, 4.69) is 26.0 Å². The number of hydrogen-bond donors (Lipinski definition) is 1. The van der Waals surface area contributed by atoms with Crippen molar-refractivity contribution >= 4 is 0 Å². The summed E-state index contributed by atoms with van der Waals surface area (Å²) in [5.41, 5.74) is 9.29. The van der Waals surface area contributed by atoms with Crippen molar-refractivity contribution in [1.29, 1.82) is 0 Å². The maximum Gasteiger partial charge on any atom is 0.0340 e. The van der Waals surface area contributed by atoms with Crippen LogP contribution in [-0.4, -0.2) is 0 Å². The Bertz CT molecular complexity index is 231. The van der Waals surface area contributed by atoms with Gasteiger partial charge < -0.3 is 5.73 Å². The van der Waals surface area contributed by atoms with E-state index >= 15 is 0 Å². The first-order chi connectivity index (χ1) is 5.24. The molecule has 0 spiro atoms. The van der Waals surface area contributed by atoms with Crippen LogP contribution in [0.15, 0.2) is 35.1 Å². The lowest BCUT2D eigenvalue weighted by atomic mass is 10.1. The highest BCUT2D eigenvalue weighted by Crippen LogP contribution is 2.16. The lowest BCUT2D eigenvalue weighted by Gasteiger charge is -1.97. The van der Waals surface area contributed by atoms with Gasteiger partial charge in [0.25, 0.3) is 0 Å². The zero-order valence-corrected chi connectivity index (χ0v) is 7.22. The standard InChI is InChI=1S/C10H15N/c1-3-9-5-4-8(2)10(11)7-6-9/h4,6-7H,3,5,11H2,1-2H3. The molecule has 2 N–H and O–H groups in total. The summed E-state index contributed by atoms with van der Waals surface area (Å²) in [5, 5.41) is 0. The van der Waals surface area contributed by atoms with E-state index in [4.69, 9.17) is 5.73 Å². The normalized spacial score (nSPS) is 18.2. The molecule has 0 aromatic carbocycles. The second kappa shape index (κ2) is 3.42. The quantitative estimate of drug-likeness (QED) is 0.609. The van der Waals surface area contributed by atoms with Crippen LogP contribution in [0.4, 0.5) is 0 Å². The summed E-state index contributed by atoms with van der Waals surface area (Å²) in [7, 11) is 0. The van der Waals surface area contributed by atoms with E-state index in [1.165, 1.54) is 11.1 Å². The fourth-order valence-electron chi connectivity index (χ4n) is 1.07. The zero-order valence-electron chi connectivity index (χ0n) is 7.22. The van der Waals surface area contributed by atoms with Gasteiger partial charge in [0.15, 0.2) is 0 Å². The molecule has 0 aromatic heterocycles. The minimum atomic E-state index is 0.897. The number of nitrogens with two attached hydrogens (primary N) is 1. The van der Waals surface area contributed by atoms with Crippen LogP contribution in [0, 0.1) is 0 Å². The predicted octanol–water partition coefficient (Wildman–Crippen LogP) is 2.52. The SMILES string of the molecule is CCC1=CC=C(N)C(C)=CC1. The molecule has 1 aliphatic carbocycles. The highest BCUT2D eigenvalue weighted by Gasteiger charge is 1.98. The molecule has 1 nitrogen and oxygen atoms in total. The van der Waals surface area contributed by atoms with E-state index in [0.29, 0.717) is 0 Å². The Morgan fingerprint density at radius 1 is 1.45 bits per heavy atom. The molecule has 0 saturated carbocycles. The van der Waals surface area contributed by atoms with E-state index in [0.717, 1.165) is 18.5 Å². The van der Waals surface area contributed by atoms with Crippen LogP contribution in [0.2, 0.25) is 0 Å². The highest BCUT2D eigenvalue weighted by atomic mass is 14.6. The Balaban J connectivity index is 2.84. The third-order valence-electron chi connectivity index (χ3n) is 2.08.